The van der Waals surface area contributed by atoms with Crippen molar-refractivity contribution in [1.29, 1.82) is 0 Å². The molecule has 2 rings (SSSR count). The summed E-state index contributed by atoms with van der Waals surface area (Å²) in [5, 5.41) is 16.9. The minimum atomic E-state index is -3.75. The zero-order valence-corrected chi connectivity index (χ0v) is 14.5. The van der Waals surface area contributed by atoms with Crippen molar-refractivity contribution in [2.24, 2.45) is 0 Å². The summed E-state index contributed by atoms with van der Waals surface area (Å²) in [6, 6.07) is 10.6. The number of nitrogens with zero attached hydrogens (tertiary/aromatic N) is 1. The quantitative estimate of drug-likeness (QED) is 0.601. The zero-order valence-electron chi connectivity index (χ0n) is 13.6. The molecule has 0 aliphatic rings. The maximum absolute atomic E-state index is 11.8. The minimum Gasteiger partial charge on any atom is -0.350 e. The van der Waals surface area contributed by atoms with Gasteiger partial charge < -0.3 is 10.6 Å². The molecule has 0 unspecified atom stereocenters. The summed E-state index contributed by atoms with van der Waals surface area (Å²) in [7, 11) is -3.75. The average molecular weight is 363 g/mol. The molecule has 0 atom stereocenters. The second kappa shape index (κ2) is 7.31. The molecular formula is C16H17N3O5S. The van der Waals surface area contributed by atoms with E-state index >= 15 is 0 Å². The lowest BCUT2D eigenvalue weighted by Crippen LogP contribution is -2.09. The number of amides is 1. The molecule has 2 aromatic rings. The van der Waals surface area contributed by atoms with Crippen LogP contribution in [0.3, 0.4) is 0 Å². The smallest absolute Gasteiger partial charge is 0.311 e. The van der Waals surface area contributed by atoms with Gasteiger partial charge in [0.25, 0.3) is 0 Å². The van der Waals surface area contributed by atoms with Crippen LogP contribution in [-0.4, -0.2) is 25.5 Å². The van der Waals surface area contributed by atoms with Crippen LogP contribution < -0.4 is 10.6 Å². The Morgan fingerprint density at radius 2 is 1.72 bits per heavy atom. The fraction of sp³-hybridized carbons (Fsp3) is 0.188. The summed E-state index contributed by atoms with van der Waals surface area (Å²) < 4.78 is 23.5. The number of benzene rings is 2. The molecule has 9 heteroatoms. The summed E-state index contributed by atoms with van der Waals surface area (Å²) >= 11 is 0. The van der Waals surface area contributed by atoms with Crippen LogP contribution in [0.2, 0.25) is 0 Å². The van der Waals surface area contributed by atoms with Gasteiger partial charge in [-0.2, -0.15) is 0 Å². The summed E-state index contributed by atoms with van der Waals surface area (Å²) in [4.78, 5) is 21.6. The molecule has 0 aliphatic carbocycles. The van der Waals surface area contributed by atoms with Gasteiger partial charge in [0.2, 0.25) is 5.91 Å². The van der Waals surface area contributed by atoms with Crippen molar-refractivity contribution in [2.45, 2.75) is 18.2 Å². The number of carbonyl (C=O) groups excluding carboxylic acids is 1. The topological polar surface area (TPSA) is 118 Å². The first-order chi connectivity index (χ1) is 11.7. The molecule has 132 valence electrons. The van der Waals surface area contributed by atoms with E-state index in [2.05, 4.69) is 10.6 Å². The number of sulfone groups is 1. The van der Waals surface area contributed by atoms with E-state index in [1.54, 1.807) is 31.2 Å². The van der Waals surface area contributed by atoms with E-state index in [0.29, 0.717) is 17.8 Å². The van der Waals surface area contributed by atoms with Crippen molar-refractivity contribution in [3.05, 3.63) is 52.6 Å². The van der Waals surface area contributed by atoms with Crippen LogP contribution in [0.15, 0.2) is 47.4 Å². The van der Waals surface area contributed by atoms with Crippen molar-refractivity contribution in [1.82, 2.24) is 0 Å². The van der Waals surface area contributed by atoms with Crippen molar-refractivity contribution in [3.63, 3.8) is 0 Å². The number of nitrogens with one attached hydrogen (secondary N) is 2. The van der Waals surface area contributed by atoms with Crippen molar-refractivity contribution in [3.8, 4) is 0 Å². The maximum atomic E-state index is 11.8. The first-order valence-electron chi connectivity index (χ1n) is 7.36. The number of rotatable bonds is 6. The van der Waals surface area contributed by atoms with Gasteiger partial charge in [-0.3, -0.25) is 14.9 Å². The third kappa shape index (κ3) is 4.54. The van der Waals surface area contributed by atoms with Gasteiger partial charge in [0.05, 0.1) is 4.92 Å². The van der Waals surface area contributed by atoms with E-state index in [1.807, 2.05) is 0 Å². The van der Waals surface area contributed by atoms with Crippen LogP contribution in [-0.2, 0) is 14.6 Å². The third-order valence-electron chi connectivity index (χ3n) is 3.35. The van der Waals surface area contributed by atoms with E-state index in [4.69, 9.17) is 0 Å². The van der Waals surface area contributed by atoms with Crippen molar-refractivity contribution in [2.75, 3.05) is 16.9 Å². The molecule has 2 N–H and O–H groups in total. The van der Waals surface area contributed by atoms with Crippen LogP contribution in [0, 0.1) is 10.1 Å². The minimum absolute atomic E-state index is 0.0678. The molecule has 2 aromatic carbocycles. The third-order valence-corrected chi connectivity index (χ3v) is 4.48. The van der Waals surface area contributed by atoms with Gasteiger partial charge in [-0.25, -0.2) is 8.42 Å². The molecule has 1 amide bonds. The summed E-state index contributed by atoms with van der Waals surface area (Å²) in [6.45, 7) is 1.74. The van der Waals surface area contributed by atoms with Crippen LogP contribution in [0.1, 0.15) is 13.3 Å². The Labute approximate surface area is 144 Å². The van der Waals surface area contributed by atoms with Crippen LogP contribution in [0.4, 0.5) is 22.7 Å². The fourth-order valence-electron chi connectivity index (χ4n) is 2.15. The Bertz CT molecular complexity index is 908. The van der Waals surface area contributed by atoms with E-state index in [9.17, 15) is 23.3 Å². The van der Waals surface area contributed by atoms with Gasteiger partial charge in [-0.1, -0.05) is 13.0 Å². The molecule has 0 spiro atoms. The highest BCUT2D eigenvalue weighted by atomic mass is 32.2. The van der Waals surface area contributed by atoms with Gasteiger partial charge in [-0.05, 0) is 36.4 Å². The number of nitro groups is 1. The maximum Gasteiger partial charge on any atom is 0.311 e. The Kier molecular flexibility index (Phi) is 5.38. The SMILES string of the molecule is CCC(=O)Nc1ccc(Nc2cccc(S(C)(=O)=O)c2[N+](=O)[O-])cc1. The highest BCUT2D eigenvalue weighted by Crippen LogP contribution is 2.34. The highest BCUT2D eigenvalue weighted by molar-refractivity contribution is 7.90. The number of carbonyl (C=O) groups is 1. The van der Waals surface area contributed by atoms with Gasteiger partial charge in [0.15, 0.2) is 9.84 Å². The van der Waals surface area contributed by atoms with E-state index in [0.717, 1.165) is 6.26 Å². The molecule has 0 aromatic heterocycles. The largest absolute Gasteiger partial charge is 0.350 e. The zero-order chi connectivity index (χ0) is 18.6. The highest BCUT2D eigenvalue weighted by Gasteiger charge is 2.26. The normalized spacial score (nSPS) is 11.0. The lowest BCUT2D eigenvalue weighted by molar-refractivity contribution is -0.386. The number of hydrogen-bond acceptors (Lipinski definition) is 6. The van der Waals surface area contributed by atoms with Crippen LogP contribution in [0.25, 0.3) is 0 Å². The predicted octanol–water partition coefficient (Wildman–Crippen LogP) is 3.09. The molecule has 0 radical (unpaired) electrons. The van der Waals surface area contributed by atoms with Gasteiger partial charge in [-0.15, -0.1) is 0 Å². The Morgan fingerprint density at radius 1 is 1.12 bits per heavy atom. The molecule has 0 saturated heterocycles. The Morgan fingerprint density at radius 3 is 2.24 bits per heavy atom. The number of nitro benzene ring substituents is 1. The van der Waals surface area contributed by atoms with Crippen molar-refractivity contribution >= 4 is 38.5 Å². The number of anilines is 3. The molecular weight excluding hydrogens is 346 g/mol. The predicted molar refractivity (Wildman–Crippen MR) is 94.9 cm³/mol. The summed E-state index contributed by atoms with van der Waals surface area (Å²) in [5.74, 6) is -0.128. The Hall–Kier alpha value is -2.94. The van der Waals surface area contributed by atoms with Crippen LogP contribution in [0.5, 0.6) is 0 Å². The monoisotopic (exact) mass is 363 g/mol. The van der Waals surface area contributed by atoms with E-state index in [1.165, 1.54) is 18.2 Å². The summed E-state index contributed by atoms with van der Waals surface area (Å²) in [5.41, 5.74) is 0.673. The van der Waals surface area contributed by atoms with Crippen molar-refractivity contribution < 1.29 is 18.1 Å². The lowest BCUT2D eigenvalue weighted by Gasteiger charge is -2.10. The molecule has 0 saturated carbocycles. The molecule has 25 heavy (non-hydrogen) atoms. The number of hydrogen-bond donors (Lipinski definition) is 2. The Balaban J connectivity index is 2.34. The second-order valence-corrected chi connectivity index (χ2v) is 7.27. The van der Waals surface area contributed by atoms with Gasteiger partial charge in [0.1, 0.15) is 10.6 Å². The second-order valence-electron chi connectivity index (χ2n) is 5.29. The molecule has 0 heterocycles. The first kappa shape index (κ1) is 18.4. The van der Waals surface area contributed by atoms with E-state index < -0.39 is 20.4 Å². The van der Waals surface area contributed by atoms with Gasteiger partial charge >= 0.3 is 5.69 Å². The lowest BCUT2D eigenvalue weighted by atomic mass is 10.2. The molecule has 8 nitrogen and oxygen atoms in total. The first-order valence-corrected chi connectivity index (χ1v) is 9.26. The van der Waals surface area contributed by atoms with Crippen LogP contribution >= 0.6 is 0 Å². The molecule has 0 bridgehead atoms. The molecule has 0 aliphatic heterocycles. The van der Waals surface area contributed by atoms with E-state index in [-0.39, 0.29) is 16.5 Å². The fourth-order valence-corrected chi connectivity index (χ4v) is 3.01. The summed E-state index contributed by atoms with van der Waals surface area (Å²) in [6.07, 6.45) is 1.27. The average Bonchev–Trinajstić information content (AvgIpc) is 2.55. The van der Waals surface area contributed by atoms with Gasteiger partial charge in [0, 0.05) is 24.1 Å². The molecule has 0 fully saturated rings. The number of para-hydroxylation sites is 1. The standard InChI is InChI=1S/C16H17N3O5S/c1-3-15(20)18-12-9-7-11(8-10-12)17-13-5-4-6-14(25(2,23)24)16(13)19(21)22/h4-10,17H,3H2,1-2H3,(H,18,20).